The summed E-state index contributed by atoms with van der Waals surface area (Å²) < 4.78 is 5.32. The summed E-state index contributed by atoms with van der Waals surface area (Å²) in [7, 11) is 2.03. The first-order valence-electron chi connectivity index (χ1n) is 6.86. The summed E-state index contributed by atoms with van der Waals surface area (Å²) in [6.45, 7) is 5.34. The molecule has 0 radical (unpaired) electrons. The molecule has 1 rings (SSSR count). The topological polar surface area (TPSA) is 58.7 Å². The number of nitrogens with two attached hydrogens (primary N) is 1. The lowest BCUT2D eigenvalue weighted by Crippen LogP contribution is -2.38. The Morgan fingerprint density at radius 2 is 1.95 bits per heavy atom. The molecule has 0 fully saturated rings. The smallest absolute Gasteiger partial charge is 0.103 e. The minimum absolute atomic E-state index is 0.232. The lowest BCUT2D eigenvalue weighted by Gasteiger charge is -2.29. The molecule has 1 unspecified atom stereocenters. The maximum atomic E-state index is 10.6. The SMILES string of the molecule is CCOCCN(C)CCC(O)(CN)c1ccccc1. The molecule has 0 bridgehead atoms. The van der Waals surface area contributed by atoms with Gasteiger partial charge >= 0.3 is 0 Å². The Labute approximate surface area is 116 Å². The quantitative estimate of drug-likeness (QED) is 0.659. The van der Waals surface area contributed by atoms with E-state index in [9.17, 15) is 5.11 Å². The molecule has 0 spiro atoms. The van der Waals surface area contributed by atoms with Gasteiger partial charge in [-0.1, -0.05) is 30.3 Å². The van der Waals surface area contributed by atoms with E-state index in [0.717, 1.165) is 31.9 Å². The van der Waals surface area contributed by atoms with E-state index in [2.05, 4.69) is 4.90 Å². The van der Waals surface area contributed by atoms with Crippen molar-refractivity contribution in [3.63, 3.8) is 0 Å². The van der Waals surface area contributed by atoms with Gasteiger partial charge in [-0.15, -0.1) is 0 Å². The Balaban J connectivity index is 2.48. The number of hydrogen-bond donors (Lipinski definition) is 2. The fourth-order valence-electron chi connectivity index (χ4n) is 1.96. The van der Waals surface area contributed by atoms with Gasteiger partial charge in [-0.2, -0.15) is 0 Å². The van der Waals surface area contributed by atoms with E-state index in [-0.39, 0.29) is 6.54 Å². The van der Waals surface area contributed by atoms with Gasteiger partial charge in [0.1, 0.15) is 5.60 Å². The fourth-order valence-corrected chi connectivity index (χ4v) is 1.96. The molecule has 3 N–H and O–H groups in total. The predicted molar refractivity (Wildman–Crippen MR) is 78.0 cm³/mol. The van der Waals surface area contributed by atoms with Gasteiger partial charge in [0.15, 0.2) is 0 Å². The molecule has 1 atom stereocenters. The summed E-state index contributed by atoms with van der Waals surface area (Å²) in [5.41, 5.74) is 5.70. The zero-order valence-electron chi connectivity index (χ0n) is 12.0. The van der Waals surface area contributed by atoms with Crippen LogP contribution in [0, 0.1) is 0 Å². The van der Waals surface area contributed by atoms with Crippen molar-refractivity contribution < 1.29 is 9.84 Å². The molecule has 1 aromatic carbocycles. The van der Waals surface area contributed by atoms with Gasteiger partial charge in [0, 0.05) is 26.2 Å². The second kappa shape index (κ2) is 8.27. The highest BCUT2D eigenvalue weighted by molar-refractivity contribution is 5.22. The normalized spacial score (nSPS) is 14.6. The molecule has 19 heavy (non-hydrogen) atoms. The van der Waals surface area contributed by atoms with Crippen molar-refractivity contribution in [2.75, 3.05) is 39.9 Å². The molecule has 4 nitrogen and oxygen atoms in total. The summed E-state index contributed by atoms with van der Waals surface area (Å²) in [5, 5.41) is 10.6. The van der Waals surface area contributed by atoms with E-state index in [1.54, 1.807) is 0 Å². The number of ether oxygens (including phenoxy) is 1. The maximum absolute atomic E-state index is 10.6. The van der Waals surface area contributed by atoms with Crippen LogP contribution < -0.4 is 5.73 Å². The predicted octanol–water partition coefficient (Wildman–Crippen LogP) is 1.19. The van der Waals surface area contributed by atoms with Crippen LogP contribution in [0.3, 0.4) is 0 Å². The Kier molecular flexibility index (Phi) is 7.02. The van der Waals surface area contributed by atoms with E-state index in [1.165, 1.54) is 0 Å². The number of benzene rings is 1. The summed E-state index contributed by atoms with van der Waals surface area (Å²) in [6, 6.07) is 9.64. The van der Waals surface area contributed by atoms with E-state index in [1.807, 2.05) is 44.3 Å². The van der Waals surface area contributed by atoms with Gasteiger partial charge < -0.3 is 20.5 Å². The van der Waals surface area contributed by atoms with Crippen molar-refractivity contribution in [2.24, 2.45) is 5.73 Å². The van der Waals surface area contributed by atoms with E-state index in [4.69, 9.17) is 10.5 Å². The second-order valence-corrected chi connectivity index (χ2v) is 4.85. The molecule has 0 aliphatic heterocycles. The summed E-state index contributed by atoms with van der Waals surface area (Å²) >= 11 is 0. The molecule has 0 aromatic heterocycles. The number of nitrogens with zero attached hydrogens (tertiary/aromatic N) is 1. The molecule has 0 heterocycles. The van der Waals surface area contributed by atoms with Crippen LogP contribution in [-0.2, 0) is 10.3 Å². The molecule has 0 amide bonds. The van der Waals surface area contributed by atoms with Crippen LogP contribution in [-0.4, -0.2) is 49.9 Å². The van der Waals surface area contributed by atoms with Gasteiger partial charge in [-0.25, -0.2) is 0 Å². The second-order valence-electron chi connectivity index (χ2n) is 4.85. The average molecular weight is 266 g/mol. The third-order valence-electron chi connectivity index (χ3n) is 3.38. The van der Waals surface area contributed by atoms with Crippen LogP contribution in [0.15, 0.2) is 30.3 Å². The Morgan fingerprint density at radius 1 is 1.26 bits per heavy atom. The van der Waals surface area contributed by atoms with E-state index >= 15 is 0 Å². The highest BCUT2D eigenvalue weighted by atomic mass is 16.5. The van der Waals surface area contributed by atoms with Crippen molar-refractivity contribution >= 4 is 0 Å². The first-order chi connectivity index (χ1) is 9.12. The molecule has 0 aliphatic rings. The monoisotopic (exact) mass is 266 g/mol. The number of aliphatic hydroxyl groups is 1. The summed E-state index contributed by atoms with van der Waals surface area (Å²) in [5.74, 6) is 0. The van der Waals surface area contributed by atoms with Gasteiger partial charge in [-0.05, 0) is 26.0 Å². The van der Waals surface area contributed by atoms with Gasteiger partial charge in [0.2, 0.25) is 0 Å². The molecular weight excluding hydrogens is 240 g/mol. The number of likely N-dealkylation sites (N-methyl/N-ethyl adjacent to an activating group) is 1. The minimum atomic E-state index is -0.943. The standard InChI is InChI=1S/C15H26N2O2/c1-3-19-12-11-17(2)10-9-15(18,13-16)14-7-5-4-6-8-14/h4-8,18H,3,9-13,16H2,1-2H3. The highest BCUT2D eigenvalue weighted by Gasteiger charge is 2.27. The van der Waals surface area contributed by atoms with Gasteiger partial charge in [0.05, 0.1) is 6.61 Å². The Morgan fingerprint density at radius 3 is 2.53 bits per heavy atom. The first kappa shape index (κ1) is 16.1. The molecule has 0 saturated heterocycles. The van der Waals surface area contributed by atoms with Crippen molar-refractivity contribution in [1.82, 2.24) is 4.90 Å². The first-order valence-corrected chi connectivity index (χ1v) is 6.86. The third kappa shape index (κ3) is 5.28. The lowest BCUT2D eigenvalue weighted by atomic mass is 9.90. The van der Waals surface area contributed by atoms with Gasteiger partial charge in [0.25, 0.3) is 0 Å². The largest absolute Gasteiger partial charge is 0.384 e. The van der Waals surface area contributed by atoms with E-state index in [0.29, 0.717) is 6.42 Å². The lowest BCUT2D eigenvalue weighted by molar-refractivity contribution is 0.0250. The van der Waals surface area contributed by atoms with Crippen molar-refractivity contribution in [3.8, 4) is 0 Å². The third-order valence-corrected chi connectivity index (χ3v) is 3.38. The van der Waals surface area contributed by atoms with Crippen LogP contribution >= 0.6 is 0 Å². The van der Waals surface area contributed by atoms with Crippen molar-refractivity contribution in [3.05, 3.63) is 35.9 Å². The van der Waals surface area contributed by atoms with Crippen molar-refractivity contribution in [1.29, 1.82) is 0 Å². The minimum Gasteiger partial charge on any atom is -0.384 e. The Hall–Kier alpha value is -0.940. The van der Waals surface area contributed by atoms with Crippen LogP contribution in [0.25, 0.3) is 0 Å². The maximum Gasteiger partial charge on any atom is 0.103 e. The van der Waals surface area contributed by atoms with Crippen LogP contribution in [0.4, 0.5) is 0 Å². The molecule has 0 aliphatic carbocycles. The summed E-state index contributed by atoms with van der Waals surface area (Å²) in [6.07, 6.45) is 0.621. The van der Waals surface area contributed by atoms with Gasteiger partial charge in [-0.3, -0.25) is 0 Å². The Bertz CT molecular complexity index is 345. The zero-order valence-corrected chi connectivity index (χ0v) is 12.0. The van der Waals surface area contributed by atoms with E-state index < -0.39 is 5.60 Å². The fraction of sp³-hybridized carbons (Fsp3) is 0.600. The van der Waals surface area contributed by atoms with Crippen LogP contribution in [0.5, 0.6) is 0 Å². The van der Waals surface area contributed by atoms with Crippen molar-refractivity contribution in [2.45, 2.75) is 18.9 Å². The van der Waals surface area contributed by atoms with Crippen LogP contribution in [0.2, 0.25) is 0 Å². The highest BCUT2D eigenvalue weighted by Crippen LogP contribution is 2.23. The number of hydrogen-bond acceptors (Lipinski definition) is 4. The molecule has 4 heteroatoms. The molecule has 108 valence electrons. The zero-order chi connectivity index (χ0) is 14.1. The average Bonchev–Trinajstić information content (AvgIpc) is 2.46. The number of rotatable bonds is 9. The summed E-state index contributed by atoms with van der Waals surface area (Å²) in [4.78, 5) is 2.15. The molecule has 0 saturated carbocycles. The van der Waals surface area contributed by atoms with Crippen LogP contribution in [0.1, 0.15) is 18.9 Å². The molecule has 1 aromatic rings. The molecular formula is C15H26N2O2.